The largest absolute Gasteiger partial charge is 0.384 e. The summed E-state index contributed by atoms with van der Waals surface area (Å²) in [6.45, 7) is 4.95. The maximum atomic E-state index is 12.6. The molecule has 3 nitrogen and oxygen atoms in total. The summed E-state index contributed by atoms with van der Waals surface area (Å²) in [6, 6.07) is 0. The second-order valence-corrected chi connectivity index (χ2v) is 11.0. The number of fused-ring (bicyclic) bond motifs is 5. The van der Waals surface area contributed by atoms with Gasteiger partial charge in [-0.1, -0.05) is 29.8 Å². The Hall–Kier alpha value is -0.220. The highest BCUT2D eigenvalue weighted by molar-refractivity contribution is 9.09. The summed E-state index contributed by atoms with van der Waals surface area (Å²) < 4.78 is 0. The third-order valence-corrected chi connectivity index (χ3v) is 10.0. The third-order valence-electron chi connectivity index (χ3n) is 9.46. The molecule has 8 atom stereocenters. The van der Waals surface area contributed by atoms with Crippen molar-refractivity contribution in [3.63, 3.8) is 0 Å². The molecule has 146 valence electrons. The van der Waals surface area contributed by atoms with Crippen molar-refractivity contribution in [3.8, 4) is 0 Å². The van der Waals surface area contributed by atoms with Gasteiger partial charge in [-0.2, -0.15) is 0 Å². The van der Waals surface area contributed by atoms with Crippen molar-refractivity contribution in [2.45, 2.75) is 77.2 Å². The highest BCUT2D eigenvalue weighted by atomic mass is 79.9. The van der Waals surface area contributed by atoms with Gasteiger partial charge in [-0.25, -0.2) is 0 Å². The molecule has 4 rings (SSSR count). The lowest BCUT2D eigenvalue weighted by atomic mass is 9.43. The van der Waals surface area contributed by atoms with Crippen LogP contribution in [-0.2, 0) is 4.79 Å². The molecule has 0 amide bonds. The van der Waals surface area contributed by atoms with Crippen LogP contribution in [-0.4, -0.2) is 28.0 Å². The van der Waals surface area contributed by atoms with Gasteiger partial charge in [-0.15, -0.1) is 0 Å². The van der Waals surface area contributed by atoms with E-state index in [1.54, 1.807) is 0 Å². The van der Waals surface area contributed by atoms with Gasteiger partial charge in [0.1, 0.15) is 5.78 Å². The topological polar surface area (TPSA) is 61.1 Å². The normalized spacial score (nSPS) is 53.3. The van der Waals surface area contributed by atoms with Gasteiger partial charge >= 0.3 is 0 Å². The molecule has 0 aromatic heterocycles. The lowest BCUT2D eigenvalue weighted by Crippen LogP contribution is -2.56. The first kappa shape index (κ1) is 19.1. The highest BCUT2D eigenvalue weighted by Gasteiger charge is 2.63. The Morgan fingerprint density at radius 2 is 1.85 bits per heavy atom. The van der Waals surface area contributed by atoms with Gasteiger partial charge in [-0.3, -0.25) is 4.79 Å². The van der Waals surface area contributed by atoms with E-state index in [9.17, 15) is 9.90 Å². The molecule has 2 N–H and O–H groups in total. The number of carbonyl (C=O) groups is 1. The second kappa shape index (κ2) is 6.40. The molecular formula is C22H34BrNO2. The number of halogens is 1. The molecule has 0 saturated heterocycles. The van der Waals surface area contributed by atoms with Gasteiger partial charge in [0.2, 0.25) is 0 Å². The van der Waals surface area contributed by atoms with E-state index in [0.29, 0.717) is 34.3 Å². The van der Waals surface area contributed by atoms with Crippen LogP contribution >= 0.6 is 15.9 Å². The van der Waals surface area contributed by atoms with Crippen molar-refractivity contribution in [3.05, 3.63) is 0 Å². The highest BCUT2D eigenvalue weighted by Crippen LogP contribution is 2.69. The van der Waals surface area contributed by atoms with E-state index < -0.39 is 5.60 Å². The van der Waals surface area contributed by atoms with Crippen molar-refractivity contribution in [1.29, 1.82) is 5.41 Å². The maximum Gasteiger partial charge on any atom is 0.147 e. The molecule has 4 aliphatic carbocycles. The number of carbonyl (C=O) groups excluding carboxylic acids is 1. The predicted octanol–water partition coefficient (Wildman–Crippen LogP) is 4.99. The fraction of sp³-hybridized carbons (Fsp3) is 0.909. The molecule has 0 aromatic rings. The average molecular weight is 424 g/mol. The van der Waals surface area contributed by atoms with Crippen LogP contribution in [0.3, 0.4) is 0 Å². The SMILES string of the molecule is C[C@]12CC[C@@H]3[C@H]4CC[C@](O)(C=N)C[C@@H]4CC[C@@]3(C)[C@@H]1CC[C@@H]2C(=O)CBr. The molecule has 4 fully saturated rings. The number of hydrogen-bond acceptors (Lipinski definition) is 3. The van der Waals surface area contributed by atoms with Gasteiger partial charge in [0.15, 0.2) is 0 Å². The zero-order valence-corrected chi connectivity index (χ0v) is 17.9. The first-order chi connectivity index (χ1) is 12.3. The number of rotatable bonds is 3. The number of hydrogen-bond donors (Lipinski definition) is 2. The minimum absolute atomic E-state index is 0.188. The van der Waals surface area contributed by atoms with Gasteiger partial charge < -0.3 is 10.5 Å². The third kappa shape index (κ3) is 2.61. The summed E-state index contributed by atoms with van der Waals surface area (Å²) >= 11 is 3.42. The molecule has 0 bridgehead atoms. The lowest BCUT2D eigenvalue weighted by molar-refractivity contribution is -0.146. The number of alkyl halides is 1. The Labute approximate surface area is 166 Å². The Balaban J connectivity index is 1.60. The number of ketones is 1. The smallest absolute Gasteiger partial charge is 0.147 e. The summed E-state index contributed by atoms with van der Waals surface area (Å²) in [5.74, 6) is 3.37. The van der Waals surface area contributed by atoms with E-state index in [2.05, 4.69) is 29.8 Å². The molecular weight excluding hydrogens is 390 g/mol. The van der Waals surface area contributed by atoms with Crippen LogP contribution < -0.4 is 0 Å². The molecule has 4 heteroatoms. The number of Topliss-reactive ketones (excluding diaryl/α,β-unsaturated/α-hetero) is 1. The molecule has 26 heavy (non-hydrogen) atoms. The first-order valence-electron chi connectivity index (χ1n) is 10.6. The van der Waals surface area contributed by atoms with Crippen molar-refractivity contribution < 1.29 is 9.90 Å². The van der Waals surface area contributed by atoms with Crippen LogP contribution in [0.2, 0.25) is 0 Å². The van der Waals surface area contributed by atoms with Crippen molar-refractivity contribution in [2.24, 2.45) is 40.4 Å². The van der Waals surface area contributed by atoms with Crippen LogP contribution in [0.1, 0.15) is 71.6 Å². The van der Waals surface area contributed by atoms with Crippen molar-refractivity contribution >= 4 is 27.9 Å². The fourth-order valence-electron chi connectivity index (χ4n) is 8.24. The monoisotopic (exact) mass is 423 g/mol. The van der Waals surface area contributed by atoms with E-state index in [0.717, 1.165) is 31.6 Å². The van der Waals surface area contributed by atoms with Gasteiger partial charge in [0.05, 0.1) is 10.9 Å². The van der Waals surface area contributed by atoms with Crippen LogP contribution in [0, 0.1) is 45.8 Å². The quantitative estimate of drug-likeness (QED) is 0.495. The molecule has 0 spiro atoms. The molecule has 0 radical (unpaired) electrons. The van der Waals surface area contributed by atoms with E-state index in [-0.39, 0.29) is 11.3 Å². The molecule has 0 unspecified atom stereocenters. The predicted molar refractivity (Wildman–Crippen MR) is 108 cm³/mol. The van der Waals surface area contributed by atoms with Gasteiger partial charge in [0, 0.05) is 12.1 Å². The van der Waals surface area contributed by atoms with E-state index in [1.807, 2.05) is 0 Å². The summed E-state index contributed by atoms with van der Waals surface area (Å²) in [5.41, 5.74) is -0.304. The first-order valence-corrected chi connectivity index (χ1v) is 11.7. The van der Waals surface area contributed by atoms with E-state index >= 15 is 0 Å². The minimum Gasteiger partial charge on any atom is -0.384 e. The maximum absolute atomic E-state index is 12.6. The minimum atomic E-state index is -0.848. The van der Waals surface area contributed by atoms with Gasteiger partial charge in [-0.05, 0) is 92.3 Å². The standard InChI is InChI=1S/C22H34BrNO2/c1-20-8-5-14-11-22(26,13-24)10-6-15(14)16(20)7-9-21(2)17(18(25)12-23)3-4-19(20)21/h13-17,19,24,26H,3-12H2,1-2H3/t14-,15-,16+,17+,19-,20+,21+,22+/m0/s1. The van der Waals surface area contributed by atoms with Crippen molar-refractivity contribution in [1.82, 2.24) is 0 Å². The Kier molecular flexibility index (Phi) is 4.71. The lowest BCUT2D eigenvalue weighted by Gasteiger charge is -2.62. The zero-order valence-electron chi connectivity index (χ0n) is 16.3. The fourth-order valence-corrected chi connectivity index (χ4v) is 8.63. The average Bonchev–Trinajstić information content (AvgIpc) is 2.99. The molecule has 4 saturated carbocycles. The molecule has 0 aromatic carbocycles. The Morgan fingerprint density at radius 3 is 2.54 bits per heavy atom. The summed E-state index contributed by atoms with van der Waals surface area (Å²) in [6.07, 6.45) is 11.1. The second-order valence-electron chi connectivity index (χ2n) is 10.4. The number of nitrogens with one attached hydrogen (secondary N) is 1. The van der Waals surface area contributed by atoms with E-state index in [1.165, 1.54) is 38.3 Å². The summed E-state index contributed by atoms with van der Waals surface area (Å²) in [4.78, 5) is 12.6. The molecule has 0 aliphatic heterocycles. The molecule has 4 aliphatic rings. The number of aliphatic hydroxyl groups is 1. The summed E-state index contributed by atoms with van der Waals surface area (Å²) in [5, 5.41) is 18.7. The van der Waals surface area contributed by atoms with Gasteiger partial charge in [0.25, 0.3) is 0 Å². The van der Waals surface area contributed by atoms with Crippen LogP contribution in [0.5, 0.6) is 0 Å². The van der Waals surface area contributed by atoms with Crippen LogP contribution in [0.25, 0.3) is 0 Å². The Bertz CT molecular complexity index is 609. The zero-order chi connectivity index (χ0) is 18.7. The van der Waals surface area contributed by atoms with Crippen molar-refractivity contribution in [2.75, 3.05) is 5.33 Å². The van der Waals surface area contributed by atoms with E-state index in [4.69, 9.17) is 5.41 Å². The van der Waals surface area contributed by atoms with Crippen LogP contribution in [0.4, 0.5) is 0 Å². The van der Waals surface area contributed by atoms with Crippen LogP contribution in [0.15, 0.2) is 0 Å². The summed E-state index contributed by atoms with van der Waals surface area (Å²) in [7, 11) is 0. The molecule has 0 heterocycles. The Morgan fingerprint density at radius 1 is 1.12 bits per heavy atom.